The van der Waals surface area contributed by atoms with Crippen molar-refractivity contribution in [2.75, 3.05) is 32.6 Å². The fraction of sp³-hybridized carbons (Fsp3) is 0.778. The third-order valence-corrected chi connectivity index (χ3v) is 2.92. The van der Waals surface area contributed by atoms with Gasteiger partial charge in [0.2, 0.25) is 0 Å². The first-order chi connectivity index (χ1) is 7.34. The molecule has 0 spiro atoms. The highest BCUT2D eigenvalue weighted by Gasteiger charge is 1.99. The van der Waals surface area contributed by atoms with Gasteiger partial charge in [-0.1, -0.05) is 11.8 Å². The Morgan fingerprint density at radius 1 is 1.53 bits per heavy atom. The molecule has 1 N–H and O–H groups in total. The molecule has 6 heteroatoms. The molecule has 0 aliphatic carbocycles. The minimum absolute atomic E-state index is 0.823. The summed E-state index contributed by atoms with van der Waals surface area (Å²) in [6.07, 6.45) is 2.64. The van der Waals surface area contributed by atoms with Crippen LogP contribution in [0.25, 0.3) is 0 Å². The quantitative estimate of drug-likeness (QED) is 0.521. The van der Waals surface area contributed by atoms with E-state index in [0.29, 0.717) is 0 Å². The van der Waals surface area contributed by atoms with Gasteiger partial charge in [-0.25, -0.2) is 9.67 Å². The van der Waals surface area contributed by atoms with Crippen molar-refractivity contribution < 1.29 is 4.74 Å². The fourth-order valence-corrected chi connectivity index (χ4v) is 1.88. The Labute approximate surface area is 94.6 Å². The number of thioether (sulfide) groups is 1. The van der Waals surface area contributed by atoms with Gasteiger partial charge in [0.25, 0.3) is 0 Å². The van der Waals surface area contributed by atoms with Crippen LogP contribution in [0.5, 0.6) is 0 Å². The average molecular weight is 230 g/mol. The molecule has 86 valence electrons. The van der Waals surface area contributed by atoms with Crippen molar-refractivity contribution in [2.45, 2.75) is 11.6 Å². The van der Waals surface area contributed by atoms with Crippen LogP contribution in [0.1, 0.15) is 6.42 Å². The predicted octanol–water partition coefficient (Wildman–Crippen LogP) is 0.533. The highest BCUT2D eigenvalue weighted by atomic mass is 32.2. The summed E-state index contributed by atoms with van der Waals surface area (Å²) in [5.74, 6) is 1.01. The Balaban J connectivity index is 1.96. The lowest BCUT2D eigenvalue weighted by atomic mass is 10.4. The second-order valence-corrected chi connectivity index (χ2v) is 4.17. The first-order valence-corrected chi connectivity index (χ1v) is 5.99. The van der Waals surface area contributed by atoms with Crippen LogP contribution in [0.3, 0.4) is 0 Å². The highest BCUT2D eigenvalue weighted by Crippen LogP contribution is 2.11. The molecule has 15 heavy (non-hydrogen) atoms. The molecule has 5 nitrogen and oxygen atoms in total. The lowest BCUT2D eigenvalue weighted by molar-refractivity contribution is 0.194. The first-order valence-electron chi connectivity index (χ1n) is 5.01. The Morgan fingerprint density at radius 3 is 3.07 bits per heavy atom. The maximum atomic E-state index is 4.96. The summed E-state index contributed by atoms with van der Waals surface area (Å²) in [6.45, 7) is 2.82. The van der Waals surface area contributed by atoms with Crippen LogP contribution in [-0.2, 0) is 11.8 Å². The Morgan fingerprint density at radius 2 is 2.40 bits per heavy atom. The van der Waals surface area contributed by atoms with Crippen molar-refractivity contribution in [1.82, 2.24) is 20.1 Å². The number of aryl methyl sites for hydroxylation is 1. The van der Waals surface area contributed by atoms with Crippen molar-refractivity contribution in [3.05, 3.63) is 6.33 Å². The number of nitrogens with one attached hydrogen (secondary N) is 1. The molecule has 0 bridgehead atoms. The second-order valence-electron chi connectivity index (χ2n) is 3.11. The van der Waals surface area contributed by atoms with E-state index in [2.05, 4.69) is 15.4 Å². The molecule has 0 unspecified atom stereocenters. The molecule has 1 heterocycles. The van der Waals surface area contributed by atoms with Crippen molar-refractivity contribution in [2.24, 2.45) is 7.05 Å². The second kappa shape index (κ2) is 7.67. The van der Waals surface area contributed by atoms with Gasteiger partial charge in [-0.3, -0.25) is 0 Å². The molecular weight excluding hydrogens is 212 g/mol. The zero-order valence-electron chi connectivity index (χ0n) is 9.27. The van der Waals surface area contributed by atoms with E-state index in [9.17, 15) is 0 Å². The monoisotopic (exact) mass is 230 g/mol. The normalized spacial score (nSPS) is 10.8. The predicted molar refractivity (Wildman–Crippen MR) is 61.1 cm³/mol. The van der Waals surface area contributed by atoms with Crippen molar-refractivity contribution in [3.8, 4) is 0 Å². The fourth-order valence-electron chi connectivity index (χ4n) is 1.10. The molecule has 0 saturated carbocycles. The van der Waals surface area contributed by atoms with Crippen molar-refractivity contribution in [1.29, 1.82) is 0 Å². The van der Waals surface area contributed by atoms with E-state index >= 15 is 0 Å². The van der Waals surface area contributed by atoms with E-state index in [1.807, 2.05) is 7.05 Å². The van der Waals surface area contributed by atoms with E-state index in [4.69, 9.17) is 4.74 Å². The van der Waals surface area contributed by atoms with Crippen LogP contribution >= 0.6 is 11.8 Å². The molecule has 0 atom stereocenters. The van der Waals surface area contributed by atoms with E-state index in [1.54, 1.807) is 29.9 Å². The summed E-state index contributed by atoms with van der Waals surface area (Å²) < 4.78 is 6.74. The van der Waals surface area contributed by atoms with E-state index in [0.717, 1.165) is 37.0 Å². The van der Waals surface area contributed by atoms with Crippen LogP contribution in [0, 0.1) is 0 Å². The summed E-state index contributed by atoms with van der Waals surface area (Å²) in [7, 11) is 3.63. The van der Waals surface area contributed by atoms with Gasteiger partial charge >= 0.3 is 0 Å². The summed E-state index contributed by atoms with van der Waals surface area (Å²) in [4.78, 5) is 4.13. The topological polar surface area (TPSA) is 52.0 Å². The van der Waals surface area contributed by atoms with Gasteiger partial charge in [0.05, 0.1) is 0 Å². The first kappa shape index (κ1) is 12.5. The minimum atomic E-state index is 0.823. The molecule has 0 radical (unpaired) electrons. The number of nitrogens with zero attached hydrogens (tertiary/aromatic N) is 3. The SMILES string of the molecule is COCCCNCCSc1ncnn1C. The largest absolute Gasteiger partial charge is 0.385 e. The Hall–Kier alpha value is -0.590. The van der Waals surface area contributed by atoms with Gasteiger partial charge in [-0.15, -0.1) is 0 Å². The van der Waals surface area contributed by atoms with E-state index in [-0.39, 0.29) is 0 Å². The van der Waals surface area contributed by atoms with E-state index in [1.165, 1.54) is 0 Å². The maximum absolute atomic E-state index is 4.96. The minimum Gasteiger partial charge on any atom is -0.385 e. The number of hydrogen-bond donors (Lipinski definition) is 1. The van der Waals surface area contributed by atoms with Crippen LogP contribution in [0.2, 0.25) is 0 Å². The summed E-state index contributed by atoms with van der Waals surface area (Å²) in [5, 5.41) is 8.31. The van der Waals surface area contributed by atoms with Gasteiger partial charge in [0, 0.05) is 33.1 Å². The Bertz CT molecular complexity index is 266. The summed E-state index contributed by atoms with van der Waals surface area (Å²) in [6, 6.07) is 0. The smallest absolute Gasteiger partial charge is 0.185 e. The molecule has 0 amide bonds. The van der Waals surface area contributed by atoms with Crippen molar-refractivity contribution >= 4 is 11.8 Å². The average Bonchev–Trinajstić information content (AvgIpc) is 2.63. The molecule has 0 aromatic carbocycles. The van der Waals surface area contributed by atoms with Crippen LogP contribution in [0.4, 0.5) is 0 Å². The number of rotatable bonds is 8. The number of aromatic nitrogens is 3. The molecule has 0 aliphatic heterocycles. The summed E-state index contributed by atoms with van der Waals surface area (Å²) in [5.41, 5.74) is 0. The van der Waals surface area contributed by atoms with Gasteiger partial charge in [-0.2, -0.15) is 5.10 Å². The van der Waals surface area contributed by atoms with Crippen LogP contribution < -0.4 is 5.32 Å². The molecule has 0 fully saturated rings. The molecule has 0 aliphatic rings. The van der Waals surface area contributed by atoms with Crippen LogP contribution in [0.15, 0.2) is 11.5 Å². The zero-order chi connectivity index (χ0) is 10.9. The van der Waals surface area contributed by atoms with Crippen molar-refractivity contribution in [3.63, 3.8) is 0 Å². The number of hydrogen-bond acceptors (Lipinski definition) is 5. The maximum Gasteiger partial charge on any atom is 0.185 e. The standard InChI is InChI=1S/C9H18N4OS/c1-13-9(11-8-12-13)15-7-5-10-4-3-6-14-2/h8,10H,3-7H2,1-2H3. The molecule has 1 rings (SSSR count). The lowest BCUT2D eigenvalue weighted by Gasteiger charge is -2.03. The lowest BCUT2D eigenvalue weighted by Crippen LogP contribution is -2.19. The van der Waals surface area contributed by atoms with E-state index < -0.39 is 0 Å². The third kappa shape index (κ3) is 5.15. The number of methoxy groups -OCH3 is 1. The van der Waals surface area contributed by atoms with Crippen LogP contribution in [-0.4, -0.2) is 47.3 Å². The molecular formula is C9H18N4OS. The third-order valence-electron chi connectivity index (χ3n) is 1.88. The summed E-state index contributed by atoms with van der Waals surface area (Å²) >= 11 is 1.71. The molecule has 1 aromatic rings. The molecule has 0 saturated heterocycles. The Kier molecular flexibility index (Phi) is 6.38. The van der Waals surface area contributed by atoms with Gasteiger partial charge < -0.3 is 10.1 Å². The number of ether oxygens (including phenoxy) is 1. The van der Waals surface area contributed by atoms with Gasteiger partial charge in [-0.05, 0) is 13.0 Å². The molecule has 1 aromatic heterocycles. The zero-order valence-corrected chi connectivity index (χ0v) is 10.1. The highest BCUT2D eigenvalue weighted by molar-refractivity contribution is 7.99. The van der Waals surface area contributed by atoms with Gasteiger partial charge in [0.1, 0.15) is 6.33 Å². The van der Waals surface area contributed by atoms with Gasteiger partial charge in [0.15, 0.2) is 5.16 Å².